The van der Waals surface area contributed by atoms with E-state index in [0.717, 1.165) is 30.3 Å². The maximum absolute atomic E-state index is 10.9. The van der Waals surface area contributed by atoms with Gasteiger partial charge in [-0.2, -0.15) is 0 Å². The molecule has 0 bridgehead atoms. The minimum Gasteiger partial charge on any atom is -0.463 e. The molecule has 1 heterocycles. The Hall–Kier alpha value is -0.800. The molecule has 21 heavy (non-hydrogen) atoms. The highest BCUT2D eigenvalue weighted by Crippen LogP contribution is 2.49. The second kappa shape index (κ2) is 6.13. The largest absolute Gasteiger partial charge is 0.463 e. The Morgan fingerprint density at radius 2 is 1.86 bits per heavy atom. The minimum absolute atomic E-state index is 0.190. The first-order valence-corrected chi connectivity index (χ1v) is 8.64. The third-order valence-electron chi connectivity index (χ3n) is 5.73. The van der Waals surface area contributed by atoms with Crippen molar-refractivity contribution in [2.75, 3.05) is 6.54 Å². The first-order valence-electron chi connectivity index (χ1n) is 8.64. The summed E-state index contributed by atoms with van der Waals surface area (Å²) < 4.78 is 5.99. The van der Waals surface area contributed by atoms with Crippen LogP contribution < -0.4 is 5.73 Å². The number of aliphatic hydroxyl groups excluding tert-OH is 1. The van der Waals surface area contributed by atoms with E-state index in [-0.39, 0.29) is 5.41 Å². The molecule has 3 rings (SSSR count). The number of nitrogens with two attached hydrogens (primary N) is 1. The summed E-state index contributed by atoms with van der Waals surface area (Å²) in [5.74, 6) is 3.08. The van der Waals surface area contributed by atoms with E-state index in [2.05, 4.69) is 13.0 Å². The molecule has 0 amide bonds. The van der Waals surface area contributed by atoms with Gasteiger partial charge in [0.25, 0.3) is 0 Å². The Kier molecular flexibility index (Phi) is 4.41. The third-order valence-corrected chi connectivity index (χ3v) is 5.73. The Labute approximate surface area is 127 Å². The molecule has 1 aromatic heterocycles. The van der Waals surface area contributed by atoms with E-state index in [4.69, 9.17) is 10.2 Å². The monoisotopic (exact) mass is 291 g/mol. The summed E-state index contributed by atoms with van der Waals surface area (Å²) in [5.41, 5.74) is 5.91. The van der Waals surface area contributed by atoms with Gasteiger partial charge in [0, 0.05) is 17.9 Å². The summed E-state index contributed by atoms with van der Waals surface area (Å²) in [4.78, 5) is 0. The lowest BCUT2D eigenvalue weighted by molar-refractivity contribution is -0.00662. The smallest absolute Gasteiger partial charge is 0.133 e. The normalized spacial score (nSPS) is 30.4. The van der Waals surface area contributed by atoms with E-state index in [9.17, 15) is 5.11 Å². The van der Waals surface area contributed by atoms with Crippen LogP contribution in [-0.4, -0.2) is 11.7 Å². The topological polar surface area (TPSA) is 59.4 Å². The molecule has 2 aliphatic rings. The highest BCUT2D eigenvalue weighted by atomic mass is 16.4. The van der Waals surface area contributed by atoms with Crippen LogP contribution in [0.3, 0.4) is 0 Å². The second-order valence-corrected chi connectivity index (χ2v) is 7.30. The van der Waals surface area contributed by atoms with Gasteiger partial charge in [0.2, 0.25) is 0 Å². The maximum atomic E-state index is 10.9. The first kappa shape index (κ1) is 15.1. The molecule has 2 fully saturated rings. The molecule has 0 radical (unpaired) electrons. The van der Waals surface area contributed by atoms with Crippen molar-refractivity contribution in [1.82, 2.24) is 0 Å². The molecule has 3 nitrogen and oxygen atoms in total. The molecule has 3 N–H and O–H groups in total. The lowest BCUT2D eigenvalue weighted by Gasteiger charge is -2.37. The Morgan fingerprint density at radius 3 is 2.43 bits per heavy atom. The number of hydrogen-bond acceptors (Lipinski definition) is 3. The van der Waals surface area contributed by atoms with Gasteiger partial charge >= 0.3 is 0 Å². The summed E-state index contributed by atoms with van der Waals surface area (Å²) in [5, 5.41) is 10.9. The lowest BCUT2D eigenvalue weighted by Crippen LogP contribution is -2.37. The van der Waals surface area contributed by atoms with Crippen molar-refractivity contribution in [2.24, 2.45) is 17.1 Å². The van der Waals surface area contributed by atoms with E-state index in [1.165, 1.54) is 38.5 Å². The SMILES string of the molecule is CC1CC1c1ccc(C(O)C2(CN)CCCCCCC2)o1. The van der Waals surface area contributed by atoms with Crippen LogP contribution in [0.2, 0.25) is 0 Å². The molecule has 3 heteroatoms. The van der Waals surface area contributed by atoms with Crippen LogP contribution in [0.15, 0.2) is 16.5 Å². The molecule has 3 atom stereocenters. The number of furan rings is 1. The minimum atomic E-state index is -0.552. The van der Waals surface area contributed by atoms with Crippen LogP contribution in [0.5, 0.6) is 0 Å². The van der Waals surface area contributed by atoms with Gasteiger partial charge in [-0.05, 0) is 37.3 Å². The first-order chi connectivity index (χ1) is 10.2. The Balaban J connectivity index is 1.76. The molecule has 2 saturated carbocycles. The van der Waals surface area contributed by atoms with Crippen LogP contribution in [0.1, 0.15) is 81.8 Å². The van der Waals surface area contributed by atoms with Gasteiger partial charge in [0.1, 0.15) is 17.6 Å². The standard InChI is InChI=1S/C18H29NO2/c1-13-11-14(13)15-7-8-16(21-15)17(20)18(12-19)9-5-3-2-4-6-10-18/h7-8,13-14,17,20H,2-6,9-12,19H2,1H3. The molecule has 118 valence electrons. The molecular formula is C18H29NO2. The zero-order valence-electron chi connectivity index (χ0n) is 13.2. The summed E-state index contributed by atoms with van der Waals surface area (Å²) in [7, 11) is 0. The summed E-state index contributed by atoms with van der Waals surface area (Å²) >= 11 is 0. The average molecular weight is 291 g/mol. The Bertz CT molecular complexity index is 460. The maximum Gasteiger partial charge on any atom is 0.133 e. The molecule has 0 saturated heterocycles. The number of aliphatic hydroxyl groups is 1. The van der Waals surface area contributed by atoms with Gasteiger partial charge in [-0.3, -0.25) is 0 Å². The van der Waals surface area contributed by atoms with Crippen LogP contribution >= 0.6 is 0 Å². The van der Waals surface area contributed by atoms with Gasteiger partial charge in [0.05, 0.1) is 0 Å². The van der Waals surface area contributed by atoms with Gasteiger partial charge < -0.3 is 15.3 Å². The van der Waals surface area contributed by atoms with Crippen molar-refractivity contribution in [3.05, 3.63) is 23.7 Å². The van der Waals surface area contributed by atoms with E-state index in [0.29, 0.717) is 12.5 Å². The van der Waals surface area contributed by atoms with E-state index < -0.39 is 6.10 Å². The summed E-state index contributed by atoms with van der Waals surface area (Å²) in [6, 6.07) is 4.03. The average Bonchev–Trinajstić information content (AvgIpc) is 3.01. The molecule has 0 aromatic carbocycles. The molecule has 2 aliphatic carbocycles. The number of hydrogen-bond donors (Lipinski definition) is 2. The zero-order valence-corrected chi connectivity index (χ0v) is 13.2. The van der Waals surface area contributed by atoms with Crippen molar-refractivity contribution in [1.29, 1.82) is 0 Å². The molecular weight excluding hydrogens is 262 g/mol. The van der Waals surface area contributed by atoms with Gasteiger partial charge in [0.15, 0.2) is 0 Å². The van der Waals surface area contributed by atoms with E-state index in [1.54, 1.807) is 0 Å². The molecule has 0 aliphatic heterocycles. The van der Waals surface area contributed by atoms with Crippen LogP contribution in [0.25, 0.3) is 0 Å². The van der Waals surface area contributed by atoms with E-state index in [1.807, 2.05) is 6.07 Å². The van der Waals surface area contributed by atoms with Crippen LogP contribution in [-0.2, 0) is 0 Å². The van der Waals surface area contributed by atoms with Crippen LogP contribution in [0, 0.1) is 11.3 Å². The lowest BCUT2D eigenvalue weighted by atomic mass is 9.71. The Morgan fingerprint density at radius 1 is 1.24 bits per heavy atom. The zero-order chi connectivity index (χ0) is 14.9. The van der Waals surface area contributed by atoms with Crippen molar-refractivity contribution in [3.8, 4) is 0 Å². The fourth-order valence-electron chi connectivity index (χ4n) is 3.93. The summed E-state index contributed by atoms with van der Waals surface area (Å²) in [6.45, 7) is 2.80. The third kappa shape index (κ3) is 3.04. The molecule has 0 spiro atoms. The van der Waals surface area contributed by atoms with Gasteiger partial charge in [-0.15, -0.1) is 0 Å². The van der Waals surface area contributed by atoms with Crippen LogP contribution in [0.4, 0.5) is 0 Å². The quantitative estimate of drug-likeness (QED) is 0.877. The fourth-order valence-corrected chi connectivity index (χ4v) is 3.93. The van der Waals surface area contributed by atoms with Gasteiger partial charge in [-0.25, -0.2) is 0 Å². The fraction of sp³-hybridized carbons (Fsp3) is 0.778. The summed E-state index contributed by atoms with van der Waals surface area (Å²) in [6.07, 6.45) is 8.87. The van der Waals surface area contributed by atoms with Crippen molar-refractivity contribution < 1.29 is 9.52 Å². The molecule has 1 aromatic rings. The molecule has 3 unspecified atom stereocenters. The second-order valence-electron chi connectivity index (χ2n) is 7.30. The number of rotatable bonds is 4. The highest BCUT2D eigenvalue weighted by molar-refractivity contribution is 5.20. The van der Waals surface area contributed by atoms with Crippen molar-refractivity contribution in [2.45, 2.75) is 70.3 Å². The van der Waals surface area contributed by atoms with Crippen molar-refractivity contribution in [3.63, 3.8) is 0 Å². The predicted octanol–water partition coefficient (Wildman–Crippen LogP) is 4.13. The predicted molar refractivity (Wildman–Crippen MR) is 84.0 cm³/mol. The highest BCUT2D eigenvalue weighted by Gasteiger charge is 2.41. The van der Waals surface area contributed by atoms with E-state index >= 15 is 0 Å². The van der Waals surface area contributed by atoms with Gasteiger partial charge in [-0.1, -0.05) is 39.0 Å². The van der Waals surface area contributed by atoms with Crippen molar-refractivity contribution >= 4 is 0 Å².